The van der Waals surface area contributed by atoms with Gasteiger partial charge in [0, 0.05) is 5.02 Å². The number of halogens is 1. The highest BCUT2D eigenvalue weighted by atomic mass is 35.5. The van der Waals surface area contributed by atoms with Crippen molar-refractivity contribution < 1.29 is 19.1 Å². The number of carboxylic acids is 1. The molecular formula is C11H5ClNO5-. The molecule has 6 nitrogen and oxygen atoms in total. The minimum absolute atomic E-state index is 0.138. The molecule has 0 spiro atoms. The van der Waals surface area contributed by atoms with E-state index in [1.807, 2.05) is 5.32 Å². The standard InChI is InChI=1S/C11H6ClNO5/c12-5-1-2-8-6(3-5)9(14)7(4-18-8)13-10(15)11(16)17/h1-4H,(H,13,15)(H,16,17)/p-1. The highest BCUT2D eigenvalue weighted by molar-refractivity contribution is 6.35. The van der Waals surface area contributed by atoms with E-state index < -0.39 is 17.3 Å². The van der Waals surface area contributed by atoms with Crippen LogP contribution in [0.25, 0.3) is 11.0 Å². The van der Waals surface area contributed by atoms with Crippen LogP contribution in [0.2, 0.25) is 5.02 Å². The molecule has 0 fully saturated rings. The SMILES string of the molecule is O=C([O-])C(=O)Nc1coc2ccc(Cl)cc2c1=O. The van der Waals surface area contributed by atoms with Crippen molar-refractivity contribution in [2.45, 2.75) is 0 Å². The average molecular weight is 267 g/mol. The van der Waals surface area contributed by atoms with Crippen LogP contribution in [0.1, 0.15) is 0 Å². The molecule has 7 heteroatoms. The fourth-order valence-electron chi connectivity index (χ4n) is 1.36. The highest BCUT2D eigenvalue weighted by Crippen LogP contribution is 2.18. The smallest absolute Gasteiger partial charge is 0.271 e. The van der Waals surface area contributed by atoms with E-state index in [-0.39, 0.29) is 16.7 Å². The Bertz CT molecular complexity index is 706. The highest BCUT2D eigenvalue weighted by Gasteiger charge is 2.10. The van der Waals surface area contributed by atoms with Gasteiger partial charge in [-0.2, -0.15) is 0 Å². The Morgan fingerprint density at radius 1 is 1.33 bits per heavy atom. The summed E-state index contributed by atoms with van der Waals surface area (Å²) in [5, 5.41) is 12.6. The maximum absolute atomic E-state index is 11.9. The van der Waals surface area contributed by atoms with Gasteiger partial charge in [-0.3, -0.25) is 9.59 Å². The van der Waals surface area contributed by atoms with Crippen molar-refractivity contribution in [1.29, 1.82) is 0 Å². The maximum Gasteiger partial charge on any atom is 0.271 e. The number of hydrogen-bond donors (Lipinski definition) is 1. The van der Waals surface area contributed by atoms with Gasteiger partial charge in [0.25, 0.3) is 5.91 Å². The third-order valence-electron chi connectivity index (χ3n) is 2.17. The molecule has 1 heterocycles. The molecule has 1 amide bonds. The summed E-state index contributed by atoms with van der Waals surface area (Å²) in [5.41, 5.74) is -0.608. The lowest BCUT2D eigenvalue weighted by atomic mass is 10.2. The first-order valence-corrected chi connectivity index (χ1v) is 5.10. The van der Waals surface area contributed by atoms with E-state index in [1.54, 1.807) is 0 Å². The van der Waals surface area contributed by atoms with Crippen LogP contribution in [0, 0.1) is 0 Å². The second-order valence-electron chi connectivity index (χ2n) is 3.36. The van der Waals surface area contributed by atoms with Crippen LogP contribution in [-0.4, -0.2) is 11.9 Å². The van der Waals surface area contributed by atoms with Crippen molar-refractivity contribution in [3.8, 4) is 0 Å². The lowest BCUT2D eigenvalue weighted by Crippen LogP contribution is -2.37. The molecule has 2 aromatic rings. The average Bonchev–Trinajstić information content (AvgIpc) is 2.33. The molecule has 0 radical (unpaired) electrons. The summed E-state index contributed by atoms with van der Waals surface area (Å²) in [4.78, 5) is 33.0. The van der Waals surface area contributed by atoms with Gasteiger partial charge in [0.05, 0.1) is 5.39 Å². The van der Waals surface area contributed by atoms with Crippen molar-refractivity contribution in [2.24, 2.45) is 0 Å². The molecule has 1 aromatic carbocycles. The minimum Gasteiger partial charge on any atom is -0.540 e. The third kappa shape index (κ3) is 2.18. The Morgan fingerprint density at radius 2 is 2.06 bits per heavy atom. The summed E-state index contributed by atoms with van der Waals surface area (Å²) in [7, 11) is 0. The van der Waals surface area contributed by atoms with Gasteiger partial charge in [0.2, 0.25) is 5.43 Å². The van der Waals surface area contributed by atoms with Crippen LogP contribution in [0.15, 0.2) is 33.7 Å². The number of fused-ring (bicyclic) bond motifs is 1. The Balaban J connectivity index is 2.54. The molecule has 0 unspecified atom stereocenters. The fourth-order valence-corrected chi connectivity index (χ4v) is 1.54. The van der Waals surface area contributed by atoms with Crippen LogP contribution < -0.4 is 15.9 Å². The van der Waals surface area contributed by atoms with Gasteiger partial charge < -0.3 is 19.6 Å². The van der Waals surface area contributed by atoms with Crippen LogP contribution >= 0.6 is 11.6 Å². The number of hydrogen-bond acceptors (Lipinski definition) is 5. The zero-order valence-electron chi connectivity index (χ0n) is 8.73. The summed E-state index contributed by atoms with van der Waals surface area (Å²) in [6.45, 7) is 0. The topological polar surface area (TPSA) is 99.4 Å². The second kappa shape index (κ2) is 4.50. The first-order valence-electron chi connectivity index (χ1n) is 4.72. The molecule has 2 rings (SSSR count). The zero-order valence-corrected chi connectivity index (χ0v) is 9.48. The molecule has 0 atom stereocenters. The van der Waals surface area contributed by atoms with Gasteiger partial charge in [0.15, 0.2) is 0 Å². The van der Waals surface area contributed by atoms with Crippen molar-refractivity contribution >= 4 is 40.1 Å². The molecule has 92 valence electrons. The zero-order chi connectivity index (χ0) is 13.3. The minimum atomic E-state index is -1.94. The van der Waals surface area contributed by atoms with Crippen LogP contribution in [0.3, 0.4) is 0 Å². The van der Waals surface area contributed by atoms with Crippen molar-refractivity contribution in [3.63, 3.8) is 0 Å². The molecule has 18 heavy (non-hydrogen) atoms. The number of aliphatic carboxylic acids is 1. The number of amides is 1. The van der Waals surface area contributed by atoms with E-state index in [4.69, 9.17) is 16.0 Å². The molecular weight excluding hydrogens is 262 g/mol. The Hall–Kier alpha value is -2.34. The van der Waals surface area contributed by atoms with E-state index in [1.165, 1.54) is 18.2 Å². The normalized spacial score (nSPS) is 10.3. The summed E-state index contributed by atoms with van der Waals surface area (Å²) < 4.78 is 5.07. The Morgan fingerprint density at radius 3 is 2.72 bits per heavy atom. The number of carbonyl (C=O) groups is 2. The first-order chi connectivity index (χ1) is 8.49. The predicted molar refractivity (Wildman–Crippen MR) is 61.1 cm³/mol. The van der Waals surface area contributed by atoms with E-state index in [0.717, 1.165) is 6.26 Å². The first kappa shape index (κ1) is 12.1. The van der Waals surface area contributed by atoms with Gasteiger partial charge in [-0.1, -0.05) is 11.6 Å². The lowest BCUT2D eigenvalue weighted by Gasteiger charge is -2.05. The summed E-state index contributed by atoms with van der Waals surface area (Å²) in [6, 6.07) is 4.38. The van der Waals surface area contributed by atoms with Crippen LogP contribution in [-0.2, 0) is 9.59 Å². The van der Waals surface area contributed by atoms with Crippen molar-refractivity contribution in [2.75, 3.05) is 5.32 Å². The Labute approximate surface area is 105 Å². The molecule has 0 aliphatic heterocycles. The van der Waals surface area contributed by atoms with Gasteiger partial charge in [-0.05, 0) is 18.2 Å². The molecule has 0 saturated heterocycles. The van der Waals surface area contributed by atoms with E-state index in [0.29, 0.717) is 5.02 Å². The molecule has 1 aromatic heterocycles. The molecule has 1 N–H and O–H groups in total. The fraction of sp³-hybridized carbons (Fsp3) is 0. The summed E-state index contributed by atoms with van der Waals surface area (Å²) in [5.74, 6) is -3.37. The number of carboxylic acid groups (broad SMARTS) is 1. The lowest BCUT2D eigenvalue weighted by molar-refractivity contribution is -0.299. The van der Waals surface area contributed by atoms with Crippen LogP contribution in [0.4, 0.5) is 5.69 Å². The molecule has 0 bridgehead atoms. The van der Waals surface area contributed by atoms with E-state index in [2.05, 4.69) is 0 Å². The molecule has 0 aliphatic rings. The van der Waals surface area contributed by atoms with Gasteiger partial charge in [-0.15, -0.1) is 0 Å². The summed E-state index contributed by atoms with van der Waals surface area (Å²) in [6.07, 6.45) is 0.958. The third-order valence-corrected chi connectivity index (χ3v) is 2.40. The van der Waals surface area contributed by atoms with Crippen molar-refractivity contribution in [3.05, 3.63) is 39.7 Å². The molecule has 0 saturated carbocycles. The van der Waals surface area contributed by atoms with Gasteiger partial charge >= 0.3 is 0 Å². The number of nitrogens with one attached hydrogen (secondary N) is 1. The molecule has 0 aliphatic carbocycles. The number of benzene rings is 1. The van der Waals surface area contributed by atoms with E-state index in [9.17, 15) is 19.5 Å². The quantitative estimate of drug-likeness (QED) is 0.740. The monoisotopic (exact) mass is 266 g/mol. The summed E-state index contributed by atoms with van der Waals surface area (Å²) >= 11 is 5.73. The second-order valence-corrected chi connectivity index (χ2v) is 3.80. The van der Waals surface area contributed by atoms with Crippen LogP contribution in [0.5, 0.6) is 0 Å². The Kier molecular flexibility index (Phi) is 3.03. The van der Waals surface area contributed by atoms with E-state index >= 15 is 0 Å². The van der Waals surface area contributed by atoms with Gasteiger partial charge in [-0.25, -0.2) is 0 Å². The number of carbonyl (C=O) groups excluding carboxylic acids is 2. The van der Waals surface area contributed by atoms with Gasteiger partial charge in [0.1, 0.15) is 23.5 Å². The maximum atomic E-state index is 11.9. The number of anilines is 1. The number of rotatable bonds is 1. The predicted octanol–water partition coefficient (Wildman–Crippen LogP) is 0.135. The largest absolute Gasteiger partial charge is 0.540 e. The van der Waals surface area contributed by atoms with Crippen molar-refractivity contribution in [1.82, 2.24) is 0 Å².